The molecule has 0 spiro atoms. The number of furan rings is 1. The highest BCUT2D eigenvalue weighted by Gasteiger charge is 2.23. The van der Waals surface area contributed by atoms with E-state index in [0.717, 1.165) is 10.9 Å². The van der Waals surface area contributed by atoms with Crippen LogP contribution >= 0.6 is 12.2 Å². The minimum Gasteiger partial charge on any atom is -0.451 e. The molecule has 0 bridgehead atoms. The summed E-state index contributed by atoms with van der Waals surface area (Å²) in [6.07, 6.45) is 0. The van der Waals surface area contributed by atoms with Crippen LogP contribution < -0.4 is 20.9 Å². The molecule has 0 saturated carbocycles. The van der Waals surface area contributed by atoms with Gasteiger partial charge in [0, 0.05) is 41.5 Å². The lowest BCUT2D eigenvalue weighted by Gasteiger charge is -2.28. The number of fused-ring (bicyclic) bond motifs is 1. The number of benzene rings is 3. The van der Waals surface area contributed by atoms with Crippen molar-refractivity contribution < 1.29 is 23.7 Å². The number of hydrogen-bond acceptors (Lipinski definition) is 8. The number of carbonyl (C=O) groups is 2. The van der Waals surface area contributed by atoms with Gasteiger partial charge >= 0.3 is 0 Å². The number of aryl methyl sites for hydroxylation is 1. The Morgan fingerprint density at radius 3 is 2.48 bits per heavy atom. The third-order valence-corrected chi connectivity index (χ3v) is 6.60. The summed E-state index contributed by atoms with van der Waals surface area (Å²) in [5.74, 6) is -0.762. The van der Waals surface area contributed by atoms with Crippen molar-refractivity contribution in [3.8, 4) is 0 Å². The van der Waals surface area contributed by atoms with Crippen molar-refractivity contribution in [2.45, 2.75) is 6.92 Å². The Morgan fingerprint density at radius 1 is 0.975 bits per heavy atom. The molecule has 0 unspecified atom stereocenters. The van der Waals surface area contributed by atoms with Crippen LogP contribution in [0.1, 0.15) is 26.5 Å². The van der Waals surface area contributed by atoms with E-state index in [0.29, 0.717) is 48.9 Å². The number of rotatable bonds is 6. The Labute approximate surface area is 234 Å². The van der Waals surface area contributed by atoms with Crippen molar-refractivity contribution in [1.82, 2.24) is 5.32 Å². The maximum atomic E-state index is 12.8. The predicted molar refractivity (Wildman–Crippen MR) is 155 cm³/mol. The number of nitrogens with zero attached hydrogens (tertiary/aromatic N) is 2. The van der Waals surface area contributed by atoms with E-state index >= 15 is 0 Å². The molecule has 12 heteroatoms. The van der Waals surface area contributed by atoms with Gasteiger partial charge in [-0.1, -0.05) is 18.2 Å². The van der Waals surface area contributed by atoms with E-state index in [4.69, 9.17) is 21.4 Å². The van der Waals surface area contributed by atoms with Crippen LogP contribution in [0.2, 0.25) is 0 Å². The molecule has 3 aromatic carbocycles. The van der Waals surface area contributed by atoms with Crippen LogP contribution in [0.25, 0.3) is 11.0 Å². The van der Waals surface area contributed by atoms with Crippen molar-refractivity contribution in [3.63, 3.8) is 0 Å². The van der Waals surface area contributed by atoms with E-state index in [-0.39, 0.29) is 28.0 Å². The molecule has 0 aliphatic carbocycles. The first-order valence-electron chi connectivity index (χ1n) is 12.4. The number of ether oxygens (including phenoxy) is 1. The first-order valence-corrected chi connectivity index (χ1v) is 12.8. The van der Waals surface area contributed by atoms with Crippen LogP contribution in [0.5, 0.6) is 0 Å². The Hall–Kier alpha value is -4.81. The minimum atomic E-state index is -0.583. The third-order valence-electron chi connectivity index (χ3n) is 6.39. The number of morpholine rings is 1. The van der Waals surface area contributed by atoms with E-state index in [9.17, 15) is 19.7 Å². The topological polar surface area (TPSA) is 139 Å². The fourth-order valence-electron chi connectivity index (χ4n) is 4.38. The van der Waals surface area contributed by atoms with Gasteiger partial charge in [0.2, 0.25) is 0 Å². The van der Waals surface area contributed by atoms with Gasteiger partial charge in [-0.05, 0) is 67.2 Å². The number of nitrogens with one attached hydrogen (secondary N) is 3. The fraction of sp³-hybridized carbons (Fsp3) is 0.179. The average molecular weight is 560 g/mol. The molecule has 5 rings (SSSR count). The van der Waals surface area contributed by atoms with Crippen molar-refractivity contribution in [1.29, 1.82) is 0 Å². The van der Waals surface area contributed by atoms with E-state index in [2.05, 4.69) is 16.0 Å². The third kappa shape index (κ3) is 5.92. The number of thiocarbonyl (C=S) groups is 1. The van der Waals surface area contributed by atoms with Crippen molar-refractivity contribution in [2.75, 3.05) is 41.8 Å². The van der Waals surface area contributed by atoms with Crippen molar-refractivity contribution >= 4 is 62.9 Å². The zero-order valence-corrected chi connectivity index (χ0v) is 22.2. The van der Waals surface area contributed by atoms with Gasteiger partial charge in [-0.15, -0.1) is 0 Å². The fourth-order valence-corrected chi connectivity index (χ4v) is 4.59. The summed E-state index contributed by atoms with van der Waals surface area (Å²) in [4.78, 5) is 38.5. The SMILES string of the molecule is Cc1cc(NC(=S)NC(=O)c2ccc(N3CCOCC3)c([N+](=O)[O-])c2)ccc1NC(=O)c1cc2ccccc2o1. The molecule has 1 saturated heterocycles. The summed E-state index contributed by atoms with van der Waals surface area (Å²) in [5, 5.41) is 20.9. The van der Waals surface area contributed by atoms with Gasteiger partial charge in [0.05, 0.1) is 18.1 Å². The molecule has 1 aliphatic rings. The predicted octanol–water partition coefficient (Wildman–Crippen LogP) is 4.87. The smallest absolute Gasteiger partial charge is 0.293 e. The molecule has 1 aliphatic heterocycles. The molecular weight excluding hydrogens is 534 g/mol. The summed E-state index contributed by atoms with van der Waals surface area (Å²) in [6, 6.07) is 18.5. The summed E-state index contributed by atoms with van der Waals surface area (Å²) >= 11 is 5.29. The molecule has 1 fully saturated rings. The van der Waals surface area contributed by atoms with Gasteiger partial charge in [-0.3, -0.25) is 25.0 Å². The minimum absolute atomic E-state index is 0.0170. The standard InChI is InChI=1S/C28H25N5O6S/c1-17-14-20(7-8-21(17)30-27(35)25-16-18-4-2-3-5-24(18)39-25)29-28(40)31-26(34)19-6-9-22(23(15-19)33(36)37)32-10-12-38-13-11-32/h2-9,14-16H,10-13H2,1H3,(H,30,35)(H2,29,31,34,40). The van der Waals surface area contributed by atoms with Crippen LogP contribution in [0.4, 0.5) is 22.7 Å². The number of nitro groups is 1. The van der Waals surface area contributed by atoms with E-state index in [1.165, 1.54) is 12.1 Å². The van der Waals surface area contributed by atoms with Crippen molar-refractivity contribution in [3.05, 3.63) is 93.7 Å². The van der Waals surface area contributed by atoms with Gasteiger partial charge in [0.1, 0.15) is 11.3 Å². The first kappa shape index (κ1) is 26.8. The number of anilines is 3. The maximum absolute atomic E-state index is 12.8. The number of carbonyl (C=O) groups excluding carboxylic acids is 2. The molecule has 40 heavy (non-hydrogen) atoms. The van der Waals surface area contributed by atoms with Gasteiger partial charge in [-0.25, -0.2) is 0 Å². The molecule has 1 aromatic heterocycles. The number of amides is 2. The lowest BCUT2D eigenvalue weighted by Crippen LogP contribution is -2.37. The van der Waals surface area contributed by atoms with Gasteiger partial charge < -0.3 is 24.7 Å². The summed E-state index contributed by atoms with van der Waals surface area (Å²) in [6.45, 7) is 3.83. The zero-order valence-electron chi connectivity index (χ0n) is 21.4. The monoisotopic (exact) mass is 559 g/mol. The Kier molecular flexibility index (Phi) is 7.71. The average Bonchev–Trinajstić information content (AvgIpc) is 3.39. The molecule has 2 heterocycles. The van der Waals surface area contributed by atoms with Crippen LogP contribution in [0.3, 0.4) is 0 Å². The highest BCUT2D eigenvalue weighted by atomic mass is 32.1. The zero-order chi connectivity index (χ0) is 28.2. The summed E-state index contributed by atoms with van der Waals surface area (Å²) in [5.41, 5.74) is 2.92. The number of nitro benzene ring substituents is 1. The van der Waals surface area contributed by atoms with Gasteiger partial charge in [-0.2, -0.15) is 0 Å². The van der Waals surface area contributed by atoms with Crippen LogP contribution in [-0.2, 0) is 4.74 Å². The number of para-hydroxylation sites is 1. The van der Waals surface area contributed by atoms with Gasteiger partial charge in [0.15, 0.2) is 10.9 Å². The van der Waals surface area contributed by atoms with Crippen LogP contribution in [0.15, 0.2) is 71.1 Å². The quantitative estimate of drug-likeness (QED) is 0.172. The normalized spacial score (nSPS) is 13.1. The lowest BCUT2D eigenvalue weighted by molar-refractivity contribution is -0.384. The largest absolute Gasteiger partial charge is 0.451 e. The van der Waals surface area contributed by atoms with Crippen molar-refractivity contribution in [2.24, 2.45) is 0 Å². The van der Waals surface area contributed by atoms with E-state index < -0.39 is 10.8 Å². The second-order valence-electron chi connectivity index (χ2n) is 9.10. The molecule has 0 radical (unpaired) electrons. The lowest BCUT2D eigenvalue weighted by atomic mass is 10.1. The molecule has 4 aromatic rings. The molecule has 11 nitrogen and oxygen atoms in total. The summed E-state index contributed by atoms with van der Waals surface area (Å²) in [7, 11) is 0. The van der Waals surface area contributed by atoms with Crippen LogP contribution in [0, 0.1) is 17.0 Å². The second-order valence-corrected chi connectivity index (χ2v) is 9.51. The van der Waals surface area contributed by atoms with Crippen LogP contribution in [-0.4, -0.2) is 48.2 Å². The molecular formula is C28H25N5O6S. The number of hydrogen-bond donors (Lipinski definition) is 3. The second kappa shape index (κ2) is 11.5. The Morgan fingerprint density at radius 2 is 1.75 bits per heavy atom. The molecule has 204 valence electrons. The Balaban J connectivity index is 1.21. The van der Waals surface area contributed by atoms with Gasteiger partial charge in [0.25, 0.3) is 17.5 Å². The van der Waals surface area contributed by atoms with E-state index in [1.54, 1.807) is 36.4 Å². The first-order chi connectivity index (χ1) is 19.3. The molecule has 3 N–H and O–H groups in total. The molecule has 2 amide bonds. The van der Waals surface area contributed by atoms with E-state index in [1.807, 2.05) is 30.0 Å². The highest BCUT2D eigenvalue weighted by Crippen LogP contribution is 2.30. The summed E-state index contributed by atoms with van der Waals surface area (Å²) < 4.78 is 10.9. The highest BCUT2D eigenvalue weighted by molar-refractivity contribution is 7.80. The maximum Gasteiger partial charge on any atom is 0.293 e. The molecule has 0 atom stereocenters. The Bertz CT molecular complexity index is 1600.